The standard InChI is InChI=1S/C20H24N6/c1-3-7-18(8-4-1)11-12-26-20(21-22-23-26)17-24-13-15-25(16-14-24)19-9-5-2-6-10-19/h1-10H,11-17H2. The van der Waals surface area contributed by atoms with E-state index >= 15 is 0 Å². The average Bonchev–Trinajstić information content (AvgIpc) is 3.15. The van der Waals surface area contributed by atoms with Crippen molar-refractivity contribution in [2.75, 3.05) is 31.1 Å². The Morgan fingerprint density at radius 3 is 2.23 bits per heavy atom. The molecule has 4 rings (SSSR count). The van der Waals surface area contributed by atoms with E-state index in [1.807, 2.05) is 10.7 Å². The molecule has 1 aliphatic heterocycles. The van der Waals surface area contributed by atoms with Crippen LogP contribution in [0.1, 0.15) is 11.4 Å². The molecule has 0 amide bonds. The molecule has 0 aliphatic carbocycles. The summed E-state index contributed by atoms with van der Waals surface area (Å²) in [4.78, 5) is 4.87. The lowest BCUT2D eigenvalue weighted by Gasteiger charge is -2.35. The molecule has 0 bridgehead atoms. The van der Waals surface area contributed by atoms with E-state index < -0.39 is 0 Å². The van der Waals surface area contributed by atoms with E-state index in [9.17, 15) is 0 Å². The van der Waals surface area contributed by atoms with Crippen LogP contribution in [0.25, 0.3) is 0 Å². The molecule has 0 unspecified atom stereocenters. The van der Waals surface area contributed by atoms with Crippen LogP contribution in [-0.4, -0.2) is 51.3 Å². The zero-order chi connectivity index (χ0) is 17.6. The van der Waals surface area contributed by atoms with Crippen LogP contribution in [0, 0.1) is 0 Å². The van der Waals surface area contributed by atoms with Crippen molar-refractivity contribution in [1.82, 2.24) is 25.1 Å². The largest absolute Gasteiger partial charge is 0.369 e. The van der Waals surface area contributed by atoms with E-state index in [1.54, 1.807) is 0 Å². The van der Waals surface area contributed by atoms with Gasteiger partial charge in [0.2, 0.25) is 0 Å². The fourth-order valence-corrected chi connectivity index (χ4v) is 3.39. The third kappa shape index (κ3) is 4.08. The normalized spacial score (nSPS) is 15.3. The van der Waals surface area contributed by atoms with E-state index in [4.69, 9.17) is 0 Å². The molecule has 6 heteroatoms. The summed E-state index contributed by atoms with van der Waals surface area (Å²) in [6, 6.07) is 21.1. The topological polar surface area (TPSA) is 50.1 Å². The fraction of sp³-hybridized carbons (Fsp3) is 0.350. The van der Waals surface area contributed by atoms with Gasteiger partial charge in [-0.25, -0.2) is 4.68 Å². The SMILES string of the molecule is c1ccc(CCn2nnnc2CN2CCN(c3ccccc3)CC2)cc1. The number of nitrogens with zero attached hydrogens (tertiary/aromatic N) is 6. The Bertz CT molecular complexity index is 793. The smallest absolute Gasteiger partial charge is 0.165 e. The maximum atomic E-state index is 4.25. The van der Waals surface area contributed by atoms with Crippen LogP contribution < -0.4 is 4.90 Å². The van der Waals surface area contributed by atoms with Gasteiger partial charge in [0, 0.05) is 38.4 Å². The maximum Gasteiger partial charge on any atom is 0.165 e. The van der Waals surface area contributed by atoms with Crippen LogP contribution in [0.5, 0.6) is 0 Å². The third-order valence-electron chi connectivity index (χ3n) is 4.92. The van der Waals surface area contributed by atoms with Gasteiger partial charge in [0.05, 0.1) is 6.54 Å². The van der Waals surface area contributed by atoms with Gasteiger partial charge in [-0.3, -0.25) is 4.90 Å². The van der Waals surface area contributed by atoms with Crippen molar-refractivity contribution in [2.45, 2.75) is 19.5 Å². The molecule has 1 aliphatic rings. The molecule has 1 fully saturated rings. The van der Waals surface area contributed by atoms with Gasteiger partial charge in [-0.15, -0.1) is 5.10 Å². The minimum absolute atomic E-state index is 0.810. The van der Waals surface area contributed by atoms with Crippen LogP contribution in [-0.2, 0) is 19.5 Å². The molecule has 1 saturated heterocycles. The van der Waals surface area contributed by atoms with Crippen molar-refractivity contribution in [1.29, 1.82) is 0 Å². The molecule has 0 N–H and O–H groups in total. The van der Waals surface area contributed by atoms with E-state index in [2.05, 4.69) is 79.9 Å². The lowest BCUT2D eigenvalue weighted by molar-refractivity contribution is 0.239. The number of benzene rings is 2. The van der Waals surface area contributed by atoms with E-state index in [0.717, 1.165) is 51.5 Å². The Balaban J connectivity index is 1.31. The van der Waals surface area contributed by atoms with Gasteiger partial charge in [0.25, 0.3) is 0 Å². The Hall–Kier alpha value is -2.73. The molecule has 1 aromatic heterocycles. The number of para-hydroxylation sites is 1. The average molecular weight is 348 g/mol. The zero-order valence-electron chi connectivity index (χ0n) is 14.9. The van der Waals surface area contributed by atoms with Crippen molar-refractivity contribution in [3.05, 3.63) is 72.1 Å². The molecular formula is C20H24N6. The lowest BCUT2D eigenvalue weighted by Crippen LogP contribution is -2.46. The first kappa shape index (κ1) is 16.7. The summed E-state index contributed by atoms with van der Waals surface area (Å²) in [6.45, 7) is 5.76. The molecular weight excluding hydrogens is 324 g/mol. The molecule has 0 radical (unpaired) electrons. The number of aryl methyl sites for hydroxylation is 2. The van der Waals surface area contributed by atoms with E-state index in [1.165, 1.54) is 11.3 Å². The van der Waals surface area contributed by atoms with Crippen molar-refractivity contribution in [3.63, 3.8) is 0 Å². The quantitative estimate of drug-likeness (QED) is 0.684. The first-order valence-corrected chi connectivity index (χ1v) is 9.20. The number of piperazine rings is 1. The van der Waals surface area contributed by atoms with Crippen LogP contribution in [0.15, 0.2) is 60.7 Å². The van der Waals surface area contributed by atoms with E-state index in [0.29, 0.717) is 0 Å². The highest BCUT2D eigenvalue weighted by atomic mass is 15.5. The van der Waals surface area contributed by atoms with Crippen LogP contribution in [0.3, 0.4) is 0 Å². The predicted octanol–water partition coefficient (Wildman–Crippen LogP) is 2.24. The van der Waals surface area contributed by atoms with Gasteiger partial charge in [-0.2, -0.15) is 0 Å². The molecule has 2 aromatic carbocycles. The minimum atomic E-state index is 0.810. The Morgan fingerprint density at radius 1 is 0.808 bits per heavy atom. The first-order valence-electron chi connectivity index (χ1n) is 9.20. The van der Waals surface area contributed by atoms with Crippen LogP contribution in [0.4, 0.5) is 5.69 Å². The van der Waals surface area contributed by atoms with Crippen LogP contribution >= 0.6 is 0 Å². The van der Waals surface area contributed by atoms with Gasteiger partial charge < -0.3 is 4.90 Å². The summed E-state index contributed by atoms with van der Waals surface area (Å²) >= 11 is 0. The summed E-state index contributed by atoms with van der Waals surface area (Å²) in [5, 5.41) is 12.3. The van der Waals surface area contributed by atoms with Gasteiger partial charge in [0.1, 0.15) is 0 Å². The Morgan fingerprint density at radius 2 is 1.50 bits per heavy atom. The highest BCUT2D eigenvalue weighted by molar-refractivity contribution is 5.46. The predicted molar refractivity (Wildman–Crippen MR) is 102 cm³/mol. The van der Waals surface area contributed by atoms with Crippen molar-refractivity contribution in [3.8, 4) is 0 Å². The molecule has 26 heavy (non-hydrogen) atoms. The zero-order valence-corrected chi connectivity index (χ0v) is 14.9. The fourth-order valence-electron chi connectivity index (χ4n) is 3.39. The molecule has 3 aromatic rings. The van der Waals surface area contributed by atoms with Crippen molar-refractivity contribution >= 4 is 5.69 Å². The monoisotopic (exact) mass is 348 g/mol. The second kappa shape index (κ2) is 8.10. The second-order valence-corrected chi connectivity index (χ2v) is 6.65. The lowest BCUT2D eigenvalue weighted by atomic mass is 10.1. The summed E-state index contributed by atoms with van der Waals surface area (Å²) in [6.07, 6.45) is 0.945. The van der Waals surface area contributed by atoms with E-state index in [-0.39, 0.29) is 0 Å². The maximum absolute atomic E-state index is 4.25. The second-order valence-electron chi connectivity index (χ2n) is 6.65. The molecule has 0 spiro atoms. The summed E-state index contributed by atoms with van der Waals surface area (Å²) in [7, 11) is 0. The van der Waals surface area contributed by atoms with Gasteiger partial charge in [-0.1, -0.05) is 48.5 Å². The Kier molecular flexibility index (Phi) is 5.21. The number of tetrazole rings is 1. The molecule has 0 saturated carbocycles. The number of aromatic nitrogens is 4. The summed E-state index contributed by atoms with van der Waals surface area (Å²) in [5.41, 5.74) is 2.62. The number of hydrogen-bond donors (Lipinski definition) is 0. The van der Waals surface area contributed by atoms with Crippen LogP contribution in [0.2, 0.25) is 0 Å². The third-order valence-corrected chi connectivity index (χ3v) is 4.92. The summed E-state index contributed by atoms with van der Waals surface area (Å²) < 4.78 is 1.94. The van der Waals surface area contributed by atoms with Crippen molar-refractivity contribution in [2.24, 2.45) is 0 Å². The molecule has 6 nitrogen and oxygen atoms in total. The molecule has 134 valence electrons. The Labute approximate surface area is 154 Å². The molecule has 0 atom stereocenters. The number of anilines is 1. The van der Waals surface area contributed by atoms with Gasteiger partial charge >= 0.3 is 0 Å². The number of hydrogen-bond acceptors (Lipinski definition) is 5. The number of rotatable bonds is 6. The highest BCUT2D eigenvalue weighted by Crippen LogP contribution is 2.16. The minimum Gasteiger partial charge on any atom is -0.369 e. The highest BCUT2D eigenvalue weighted by Gasteiger charge is 2.19. The van der Waals surface area contributed by atoms with Crippen molar-refractivity contribution < 1.29 is 0 Å². The summed E-state index contributed by atoms with van der Waals surface area (Å²) in [5.74, 6) is 0.953. The van der Waals surface area contributed by atoms with Gasteiger partial charge in [-0.05, 0) is 34.5 Å². The molecule has 2 heterocycles. The first-order chi connectivity index (χ1) is 12.9. The van der Waals surface area contributed by atoms with Gasteiger partial charge in [0.15, 0.2) is 5.82 Å².